The molecule has 0 saturated carbocycles. The quantitative estimate of drug-likeness (QED) is 0.599. The minimum Gasteiger partial charge on any atom is -0.483 e. The molecule has 0 aliphatic carbocycles. The fourth-order valence-electron chi connectivity index (χ4n) is 2.33. The van der Waals surface area contributed by atoms with Gasteiger partial charge in [0.25, 0.3) is 5.91 Å². The number of carbonyl (C=O) groups is 2. The topological polar surface area (TPSA) is 77.5 Å². The lowest BCUT2D eigenvalue weighted by Gasteiger charge is -2.10. The number of imide groups is 1. The average molecular weight is 445 g/mol. The molecule has 3 aromatic rings. The third-order valence-electron chi connectivity index (χ3n) is 3.55. The summed E-state index contributed by atoms with van der Waals surface area (Å²) in [6, 6.07) is 6.97. The lowest BCUT2D eigenvalue weighted by Crippen LogP contribution is -2.32. The number of alkyl halides is 1. The SMILES string of the molecule is O=C(NC(=O)c1c(F)ccc(OCc2nc3cc(Cl)ccc3s2)c1F)OCCF. The van der Waals surface area contributed by atoms with Crippen molar-refractivity contribution in [2.24, 2.45) is 0 Å². The maximum Gasteiger partial charge on any atom is 0.414 e. The highest BCUT2D eigenvalue weighted by molar-refractivity contribution is 7.18. The van der Waals surface area contributed by atoms with E-state index in [1.807, 2.05) is 0 Å². The van der Waals surface area contributed by atoms with Crippen molar-refractivity contribution in [2.45, 2.75) is 6.61 Å². The first-order chi connectivity index (χ1) is 13.9. The summed E-state index contributed by atoms with van der Waals surface area (Å²) in [6.07, 6.45) is -1.33. The van der Waals surface area contributed by atoms with Gasteiger partial charge in [0, 0.05) is 5.02 Å². The van der Waals surface area contributed by atoms with Crippen LogP contribution in [0.3, 0.4) is 0 Å². The highest BCUT2D eigenvalue weighted by Crippen LogP contribution is 2.28. The summed E-state index contributed by atoms with van der Waals surface area (Å²) in [5.41, 5.74) is -0.386. The summed E-state index contributed by atoms with van der Waals surface area (Å²) in [5.74, 6) is -4.31. The van der Waals surface area contributed by atoms with Crippen molar-refractivity contribution in [3.05, 3.63) is 57.6 Å². The van der Waals surface area contributed by atoms with Crippen LogP contribution >= 0.6 is 22.9 Å². The number of hydrogen-bond donors (Lipinski definition) is 1. The van der Waals surface area contributed by atoms with Crippen molar-refractivity contribution in [2.75, 3.05) is 13.3 Å². The van der Waals surface area contributed by atoms with Crippen molar-refractivity contribution < 1.29 is 32.2 Å². The summed E-state index contributed by atoms with van der Waals surface area (Å²) in [5, 5.41) is 2.63. The molecule has 0 fully saturated rings. The van der Waals surface area contributed by atoms with Gasteiger partial charge in [0.2, 0.25) is 0 Å². The summed E-state index contributed by atoms with van der Waals surface area (Å²) in [7, 11) is 0. The molecule has 11 heteroatoms. The average Bonchev–Trinajstić information content (AvgIpc) is 3.07. The van der Waals surface area contributed by atoms with E-state index in [1.54, 1.807) is 23.5 Å². The second kappa shape index (κ2) is 9.10. The molecule has 0 saturated heterocycles. The van der Waals surface area contributed by atoms with Gasteiger partial charge in [-0.15, -0.1) is 11.3 Å². The Morgan fingerprint density at radius 2 is 2.00 bits per heavy atom. The molecule has 29 heavy (non-hydrogen) atoms. The van der Waals surface area contributed by atoms with Crippen molar-refractivity contribution in [1.29, 1.82) is 0 Å². The zero-order valence-corrected chi connectivity index (χ0v) is 16.1. The molecule has 2 amide bonds. The Kier molecular flexibility index (Phi) is 6.55. The highest BCUT2D eigenvalue weighted by atomic mass is 35.5. The van der Waals surface area contributed by atoms with Crippen LogP contribution in [0.2, 0.25) is 5.02 Å². The molecule has 1 aromatic heterocycles. The maximum absolute atomic E-state index is 14.6. The Bertz CT molecular complexity index is 1080. The Hall–Kier alpha value is -2.85. The van der Waals surface area contributed by atoms with E-state index in [0.717, 1.165) is 16.8 Å². The molecular formula is C18H12ClF3N2O4S. The van der Waals surface area contributed by atoms with E-state index < -0.39 is 48.2 Å². The zero-order chi connectivity index (χ0) is 21.0. The van der Waals surface area contributed by atoms with E-state index in [0.29, 0.717) is 15.5 Å². The van der Waals surface area contributed by atoms with E-state index in [9.17, 15) is 22.8 Å². The number of rotatable bonds is 6. The number of carbonyl (C=O) groups excluding carboxylic acids is 2. The van der Waals surface area contributed by atoms with Crippen LogP contribution in [-0.4, -0.2) is 30.3 Å². The lowest BCUT2D eigenvalue weighted by atomic mass is 10.1. The molecule has 6 nitrogen and oxygen atoms in total. The predicted molar refractivity (Wildman–Crippen MR) is 100 cm³/mol. The smallest absolute Gasteiger partial charge is 0.414 e. The molecule has 0 atom stereocenters. The maximum atomic E-state index is 14.6. The number of halogens is 4. The van der Waals surface area contributed by atoms with Crippen molar-refractivity contribution >= 4 is 45.2 Å². The van der Waals surface area contributed by atoms with Gasteiger partial charge in [-0.3, -0.25) is 10.1 Å². The third-order valence-corrected chi connectivity index (χ3v) is 4.80. The van der Waals surface area contributed by atoms with Crippen LogP contribution < -0.4 is 10.1 Å². The van der Waals surface area contributed by atoms with Gasteiger partial charge in [0.05, 0.1) is 10.2 Å². The van der Waals surface area contributed by atoms with Gasteiger partial charge in [-0.1, -0.05) is 11.6 Å². The second-order valence-corrected chi connectivity index (χ2v) is 7.07. The second-order valence-electron chi connectivity index (χ2n) is 5.52. The van der Waals surface area contributed by atoms with Crippen LogP contribution in [0.15, 0.2) is 30.3 Å². The fourth-order valence-corrected chi connectivity index (χ4v) is 3.35. The van der Waals surface area contributed by atoms with E-state index in [4.69, 9.17) is 16.3 Å². The third kappa shape index (κ3) is 4.96. The molecule has 0 radical (unpaired) electrons. The number of nitrogens with zero attached hydrogens (tertiary/aromatic N) is 1. The summed E-state index contributed by atoms with van der Waals surface area (Å²) >= 11 is 7.20. The first-order valence-electron chi connectivity index (χ1n) is 8.09. The van der Waals surface area contributed by atoms with Crippen LogP contribution in [0.1, 0.15) is 15.4 Å². The highest BCUT2D eigenvalue weighted by Gasteiger charge is 2.23. The number of benzene rings is 2. The fraction of sp³-hybridized carbons (Fsp3) is 0.167. The minimum atomic E-state index is -1.39. The molecule has 2 aromatic carbocycles. The van der Waals surface area contributed by atoms with Crippen molar-refractivity contribution in [1.82, 2.24) is 10.3 Å². The van der Waals surface area contributed by atoms with Crippen LogP contribution in [0.25, 0.3) is 10.2 Å². The van der Waals surface area contributed by atoms with Crippen molar-refractivity contribution in [3.63, 3.8) is 0 Å². The van der Waals surface area contributed by atoms with Crippen LogP contribution in [-0.2, 0) is 11.3 Å². The molecule has 0 aliphatic heterocycles. The van der Waals surface area contributed by atoms with Gasteiger partial charge in [0.15, 0.2) is 11.6 Å². The predicted octanol–water partition coefficient (Wildman–Crippen LogP) is 4.64. The Morgan fingerprint density at radius 3 is 2.76 bits per heavy atom. The number of aromatic nitrogens is 1. The van der Waals surface area contributed by atoms with Gasteiger partial charge in [0.1, 0.15) is 36.3 Å². The summed E-state index contributed by atoms with van der Waals surface area (Å²) in [4.78, 5) is 27.6. The molecule has 0 spiro atoms. The van der Waals surface area contributed by atoms with Gasteiger partial charge >= 0.3 is 6.09 Å². The van der Waals surface area contributed by atoms with Crippen molar-refractivity contribution in [3.8, 4) is 5.75 Å². The number of alkyl carbamates (subject to hydrolysis) is 1. The minimum absolute atomic E-state index is 0.140. The number of thiazole rings is 1. The number of nitrogens with one attached hydrogen (secondary N) is 1. The number of hydrogen-bond acceptors (Lipinski definition) is 6. The van der Waals surface area contributed by atoms with Gasteiger partial charge < -0.3 is 9.47 Å². The van der Waals surface area contributed by atoms with Crippen LogP contribution in [0.5, 0.6) is 5.75 Å². The molecule has 0 unspecified atom stereocenters. The number of ether oxygens (including phenoxy) is 2. The lowest BCUT2D eigenvalue weighted by molar-refractivity contribution is 0.0903. The molecule has 0 bridgehead atoms. The number of amides is 2. The molecule has 1 heterocycles. The van der Waals surface area contributed by atoms with E-state index >= 15 is 0 Å². The normalized spacial score (nSPS) is 10.8. The van der Waals surface area contributed by atoms with E-state index in [1.165, 1.54) is 11.3 Å². The summed E-state index contributed by atoms with van der Waals surface area (Å²) < 4.78 is 50.9. The molecular weight excluding hydrogens is 433 g/mol. The Balaban J connectivity index is 1.75. The number of fused-ring (bicyclic) bond motifs is 1. The van der Waals surface area contributed by atoms with Crippen LogP contribution in [0.4, 0.5) is 18.0 Å². The Labute approximate surface area is 171 Å². The molecule has 3 rings (SSSR count). The monoisotopic (exact) mass is 444 g/mol. The molecule has 1 N–H and O–H groups in total. The molecule has 152 valence electrons. The van der Waals surface area contributed by atoms with E-state index in [-0.39, 0.29) is 6.61 Å². The van der Waals surface area contributed by atoms with Gasteiger partial charge in [-0.05, 0) is 30.3 Å². The molecule has 0 aliphatic rings. The zero-order valence-electron chi connectivity index (χ0n) is 14.5. The standard InChI is InChI=1S/C18H12ClF3N2O4S/c19-9-1-4-13-11(7-9)23-14(29-13)8-28-12-3-2-10(21)15(16(12)22)17(25)24-18(26)27-6-5-20/h1-4,7H,5-6,8H2,(H,24,25,26). The van der Waals surface area contributed by atoms with Gasteiger partial charge in [-0.2, -0.15) is 0 Å². The summed E-state index contributed by atoms with van der Waals surface area (Å²) in [6.45, 7) is -1.70. The first-order valence-corrected chi connectivity index (χ1v) is 9.28. The van der Waals surface area contributed by atoms with Crippen LogP contribution in [0, 0.1) is 11.6 Å². The first kappa shape index (κ1) is 20.9. The largest absolute Gasteiger partial charge is 0.483 e. The van der Waals surface area contributed by atoms with E-state index in [2.05, 4.69) is 9.72 Å². The Morgan fingerprint density at radius 1 is 1.21 bits per heavy atom. The van der Waals surface area contributed by atoms with Gasteiger partial charge in [-0.25, -0.2) is 22.9 Å².